The molecule has 1 heterocycles. The normalized spacial score (nSPS) is 13.5. The van der Waals surface area contributed by atoms with E-state index in [1.165, 1.54) is 0 Å². The summed E-state index contributed by atoms with van der Waals surface area (Å²) in [4.78, 5) is 0. The molecular formula is C7H6BrNO2. The van der Waals surface area contributed by atoms with Crippen LogP contribution < -0.4 is 15.2 Å². The minimum Gasteiger partial charge on any atom is -0.454 e. The molecule has 0 bridgehead atoms. The van der Waals surface area contributed by atoms with Crippen LogP contribution in [-0.2, 0) is 0 Å². The number of ether oxygens (including phenoxy) is 2. The van der Waals surface area contributed by atoms with Crippen molar-refractivity contribution in [3.8, 4) is 11.5 Å². The lowest BCUT2D eigenvalue weighted by atomic mass is 10.3. The summed E-state index contributed by atoms with van der Waals surface area (Å²) in [6.07, 6.45) is 0. The number of hydrogen-bond donors (Lipinski definition) is 1. The number of benzene rings is 1. The average Bonchev–Trinajstić information content (AvgIpc) is 2.45. The van der Waals surface area contributed by atoms with E-state index in [2.05, 4.69) is 15.9 Å². The molecule has 2 rings (SSSR count). The average molecular weight is 216 g/mol. The number of nitrogen functional groups attached to an aromatic ring is 1. The third-order valence-corrected chi connectivity index (χ3v) is 2.22. The van der Waals surface area contributed by atoms with Crippen molar-refractivity contribution in [1.29, 1.82) is 0 Å². The van der Waals surface area contributed by atoms with Gasteiger partial charge in [-0.3, -0.25) is 0 Å². The number of anilines is 1. The van der Waals surface area contributed by atoms with Gasteiger partial charge in [-0.15, -0.1) is 0 Å². The Hall–Kier alpha value is -0.900. The maximum absolute atomic E-state index is 5.68. The highest BCUT2D eigenvalue weighted by molar-refractivity contribution is 9.10. The Morgan fingerprint density at radius 3 is 3.00 bits per heavy atom. The zero-order valence-corrected chi connectivity index (χ0v) is 7.22. The van der Waals surface area contributed by atoms with Crippen molar-refractivity contribution in [3.05, 3.63) is 16.6 Å². The van der Waals surface area contributed by atoms with E-state index < -0.39 is 0 Å². The van der Waals surface area contributed by atoms with Gasteiger partial charge in [0.25, 0.3) is 0 Å². The van der Waals surface area contributed by atoms with Gasteiger partial charge in [-0.2, -0.15) is 0 Å². The predicted molar refractivity (Wildman–Crippen MR) is 44.7 cm³/mol. The Labute approximate surface area is 72.2 Å². The highest BCUT2D eigenvalue weighted by atomic mass is 79.9. The Morgan fingerprint density at radius 2 is 2.18 bits per heavy atom. The third-order valence-electron chi connectivity index (χ3n) is 1.52. The zero-order valence-electron chi connectivity index (χ0n) is 5.63. The highest BCUT2D eigenvalue weighted by Gasteiger charge is 2.17. The van der Waals surface area contributed by atoms with Crippen molar-refractivity contribution >= 4 is 21.6 Å². The molecule has 1 aromatic rings. The second-order valence-corrected chi connectivity index (χ2v) is 3.05. The fraction of sp³-hybridized carbons (Fsp3) is 0.143. The van der Waals surface area contributed by atoms with E-state index in [1.807, 2.05) is 12.1 Å². The first-order valence-corrected chi connectivity index (χ1v) is 3.92. The number of halogens is 1. The first kappa shape index (κ1) is 6.79. The molecule has 0 unspecified atom stereocenters. The second kappa shape index (κ2) is 2.30. The Bertz CT molecular complexity index is 301. The first-order valence-electron chi connectivity index (χ1n) is 3.12. The summed E-state index contributed by atoms with van der Waals surface area (Å²) < 4.78 is 11.1. The molecular weight excluding hydrogens is 210 g/mol. The summed E-state index contributed by atoms with van der Waals surface area (Å²) in [7, 11) is 0. The van der Waals surface area contributed by atoms with Gasteiger partial charge in [0.2, 0.25) is 6.79 Å². The summed E-state index contributed by atoms with van der Waals surface area (Å²) >= 11 is 3.29. The molecule has 0 atom stereocenters. The van der Waals surface area contributed by atoms with E-state index in [0.29, 0.717) is 17.2 Å². The molecule has 2 N–H and O–H groups in total. The zero-order chi connectivity index (χ0) is 7.84. The Kier molecular flexibility index (Phi) is 1.42. The van der Waals surface area contributed by atoms with Crippen LogP contribution >= 0.6 is 15.9 Å². The van der Waals surface area contributed by atoms with E-state index in [1.54, 1.807) is 0 Å². The van der Waals surface area contributed by atoms with Gasteiger partial charge in [0.15, 0.2) is 11.5 Å². The van der Waals surface area contributed by atoms with E-state index in [0.717, 1.165) is 4.47 Å². The van der Waals surface area contributed by atoms with E-state index in [-0.39, 0.29) is 6.79 Å². The minimum atomic E-state index is 0.260. The molecule has 58 valence electrons. The fourth-order valence-electron chi connectivity index (χ4n) is 0.970. The summed E-state index contributed by atoms with van der Waals surface area (Å²) in [6, 6.07) is 3.66. The number of hydrogen-bond acceptors (Lipinski definition) is 3. The van der Waals surface area contributed by atoms with Gasteiger partial charge in [0.05, 0.1) is 5.69 Å². The number of rotatable bonds is 0. The van der Waals surface area contributed by atoms with E-state index in [9.17, 15) is 0 Å². The maximum atomic E-state index is 5.68. The van der Waals surface area contributed by atoms with E-state index >= 15 is 0 Å². The minimum absolute atomic E-state index is 0.260. The van der Waals surface area contributed by atoms with E-state index in [4.69, 9.17) is 15.2 Å². The van der Waals surface area contributed by atoms with Crippen molar-refractivity contribution in [1.82, 2.24) is 0 Å². The third kappa shape index (κ3) is 0.939. The molecule has 0 aromatic heterocycles. The molecule has 0 fully saturated rings. The SMILES string of the molecule is Nc1c(Br)ccc2c1OCO2. The highest BCUT2D eigenvalue weighted by Crippen LogP contribution is 2.41. The quantitative estimate of drug-likeness (QED) is 0.672. The summed E-state index contributed by atoms with van der Waals surface area (Å²) in [5.74, 6) is 1.35. The maximum Gasteiger partial charge on any atom is 0.231 e. The topological polar surface area (TPSA) is 44.5 Å². The Morgan fingerprint density at radius 1 is 1.36 bits per heavy atom. The van der Waals surface area contributed by atoms with Crippen LogP contribution in [0.15, 0.2) is 16.6 Å². The summed E-state index contributed by atoms with van der Waals surface area (Å²) in [5.41, 5.74) is 6.28. The van der Waals surface area contributed by atoms with Crippen LogP contribution in [0.1, 0.15) is 0 Å². The molecule has 11 heavy (non-hydrogen) atoms. The molecule has 1 aromatic carbocycles. The second-order valence-electron chi connectivity index (χ2n) is 2.19. The fourth-order valence-corrected chi connectivity index (χ4v) is 1.28. The lowest BCUT2D eigenvalue weighted by Crippen LogP contribution is -1.94. The standard InChI is InChI=1S/C7H6BrNO2/c8-4-1-2-5-7(6(4)9)11-3-10-5/h1-2H,3,9H2. The van der Waals surface area contributed by atoms with Crippen molar-refractivity contribution in [2.24, 2.45) is 0 Å². The largest absolute Gasteiger partial charge is 0.454 e. The van der Waals surface area contributed by atoms with Crippen LogP contribution in [-0.4, -0.2) is 6.79 Å². The molecule has 1 aliphatic heterocycles. The van der Waals surface area contributed by atoms with Crippen molar-refractivity contribution in [3.63, 3.8) is 0 Å². The van der Waals surface area contributed by atoms with Crippen LogP contribution in [0.4, 0.5) is 5.69 Å². The lowest BCUT2D eigenvalue weighted by molar-refractivity contribution is 0.174. The number of nitrogens with two attached hydrogens (primary N) is 1. The number of fused-ring (bicyclic) bond motifs is 1. The van der Waals surface area contributed by atoms with Gasteiger partial charge < -0.3 is 15.2 Å². The molecule has 1 aliphatic rings. The molecule has 4 heteroatoms. The molecule has 0 amide bonds. The van der Waals surface area contributed by atoms with Gasteiger partial charge in [0.1, 0.15) is 0 Å². The van der Waals surface area contributed by atoms with Crippen LogP contribution in [0.2, 0.25) is 0 Å². The predicted octanol–water partition coefficient (Wildman–Crippen LogP) is 1.76. The molecule has 0 radical (unpaired) electrons. The van der Waals surface area contributed by atoms with Gasteiger partial charge in [-0.1, -0.05) is 0 Å². The lowest BCUT2D eigenvalue weighted by Gasteiger charge is -2.01. The van der Waals surface area contributed by atoms with Gasteiger partial charge >= 0.3 is 0 Å². The molecule has 3 nitrogen and oxygen atoms in total. The van der Waals surface area contributed by atoms with Crippen LogP contribution in [0.5, 0.6) is 11.5 Å². The van der Waals surface area contributed by atoms with Crippen molar-refractivity contribution in [2.45, 2.75) is 0 Å². The van der Waals surface area contributed by atoms with Crippen molar-refractivity contribution < 1.29 is 9.47 Å². The molecule has 0 aliphatic carbocycles. The van der Waals surface area contributed by atoms with Gasteiger partial charge in [-0.05, 0) is 28.1 Å². The summed E-state index contributed by atoms with van der Waals surface area (Å²) in [5, 5.41) is 0. The van der Waals surface area contributed by atoms with Crippen molar-refractivity contribution in [2.75, 3.05) is 12.5 Å². The van der Waals surface area contributed by atoms with Gasteiger partial charge in [-0.25, -0.2) is 0 Å². The Balaban J connectivity index is 2.62. The van der Waals surface area contributed by atoms with Crippen LogP contribution in [0.3, 0.4) is 0 Å². The molecule has 0 saturated carbocycles. The molecule has 0 saturated heterocycles. The van der Waals surface area contributed by atoms with Crippen LogP contribution in [0, 0.1) is 0 Å². The van der Waals surface area contributed by atoms with Crippen LogP contribution in [0.25, 0.3) is 0 Å². The van der Waals surface area contributed by atoms with Gasteiger partial charge in [0, 0.05) is 4.47 Å². The first-order chi connectivity index (χ1) is 5.29. The smallest absolute Gasteiger partial charge is 0.231 e. The molecule has 0 spiro atoms. The summed E-state index contributed by atoms with van der Waals surface area (Å²) in [6.45, 7) is 0.260. The monoisotopic (exact) mass is 215 g/mol.